The fourth-order valence-electron chi connectivity index (χ4n) is 5.11. The maximum Gasteiger partial charge on any atom is 0.0871 e. The van der Waals surface area contributed by atoms with Crippen LogP contribution in [0.2, 0.25) is 0 Å². The highest BCUT2D eigenvalue weighted by Gasteiger charge is 2.42. The summed E-state index contributed by atoms with van der Waals surface area (Å²) in [6, 6.07) is 51.2. The van der Waals surface area contributed by atoms with Crippen LogP contribution in [0.1, 0.15) is 11.7 Å². The van der Waals surface area contributed by atoms with E-state index in [1.807, 2.05) is 6.07 Å². The summed E-state index contributed by atoms with van der Waals surface area (Å²) in [6.07, 6.45) is 5.66. The minimum atomic E-state index is -0.842. The van der Waals surface area contributed by atoms with E-state index in [1.165, 1.54) is 32.2 Å². The number of aliphatic hydroxyl groups is 1. The van der Waals surface area contributed by atoms with Crippen molar-refractivity contribution in [3.8, 4) is 0 Å². The number of hydrogen-bond acceptors (Lipinski definition) is 1. The lowest BCUT2D eigenvalue weighted by Crippen LogP contribution is -2.28. The van der Waals surface area contributed by atoms with E-state index in [9.17, 15) is 5.11 Å². The number of rotatable bonds is 8. The van der Waals surface area contributed by atoms with Crippen molar-refractivity contribution in [1.82, 2.24) is 0 Å². The molecule has 5 aromatic carbocycles. The normalized spacial score (nSPS) is 15.2. The Morgan fingerprint density at radius 3 is 1.33 bits per heavy atom. The van der Waals surface area contributed by atoms with Crippen molar-refractivity contribution in [2.75, 3.05) is 0 Å². The fraction of sp³-hybridized carbons (Fsp3) is 0.0278. The number of aliphatic hydroxyl groups excluding tert-OH is 1. The zero-order valence-corrected chi connectivity index (χ0v) is 23.3. The van der Waals surface area contributed by atoms with E-state index < -0.39 is 21.9 Å². The van der Waals surface area contributed by atoms with Gasteiger partial charge in [-0.15, -0.1) is 0 Å². The topological polar surface area (TPSA) is 20.2 Å². The van der Waals surface area contributed by atoms with Gasteiger partial charge in [-0.1, -0.05) is 146 Å². The van der Waals surface area contributed by atoms with Gasteiger partial charge in [0.05, 0.1) is 6.10 Å². The van der Waals surface area contributed by atoms with E-state index in [-0.39, 0.29) is 0 Å². The Bertz CT molecular complexity index is 1380. The number of benzene rings is 5. The zero-order chi connectivity index (χ0) is 26.4. The Kier molecular flexibility index (Phi) is 8.32. The second kappa shape index (κ2) is 12.4. The Hall–Kier alpha value is -3.08. The van der Waals surface area contributed by atoms with Crippen LogP contribution < -0.4 is 26.5 Å². The lowest BCUT2D eigenvalue weighted by molar-refractivity contribution is 0.200. The van der Waals surface area contributed by atoms with Gasteiger partial charge in [-0.05, 0) is 67.2 Å². The molecule has 6 rings (SSSR count). The molecular weight excluding hydrogens is 510 g/mol. The van der Waals surface area contributed by atoms with Gasteiger partial charge in [0.1, 0.15) is 0 Å². The highest BCUT2D eigenvalue weighted by atomic mass is 31.1. The molecule has 1 aliphatic rings. The Balaban J connectivity index is 1.41. The molecular formula is C36H29OP2. The molecule has 0 spiro atoms. The second-order valence-electron chi connectivity index (χ2n) is 9.34. The van der Waals surface area contributed by atoms with Gasteiger partial charge in [0, 0.05) is 11.6 Å². The van der Waals surface area contributed by atoms with Crippen molar-refractivity contribution in [2.24, 2.45) is 0 Å². The van der Waals surface area contributed by atoms with Gasteiger partial charge in [-0.2, -0.15) is 0 Å². The van der Waals surface area contributed by atoms with Crippen LogP contribution in [0.15, 0.2) is 146 Å². The minimum absolute atomic E-state index is 0.735. The summed E-state index contributed by atoms with van der Waals surface area (Å²) in [5.74, 6) is 0.984. The standard InChI is InChI=1S/C36H29OP2/c37-36(33-25-15-27-35(33)39(30-20-9-3-10-21-30)31-22-11-4-12-23-31)32-24-13-14-26-34(32)38(28-16-5-1-6-17-28)29-18-7-2-8-19-29/h1-27,36-37H/t36-/m1/s1. The molecule has 0 unspecified atom stereocenters. The second-order valence-corrected chi connectivity index (χ2v) is 13.7. The van der Waals surface area contributed by atoms with Crippen LogP contribution in [-0.2, 0) is 0 Å². The molecule has 3 heteroatoms. The first-order chi connectivity index (χ1) is 19.3. The third-order valence-electron chi connectivity index (χ3n) is 6.89. The largest absolute Gasteiger partial charge is 0.388 e. The van der Waals surface area contributed by atoms with Crippen molar-refractivity contribution < 1.29 is 5.11 Å². The first-order valence-corrected chi connectivity index (χ1v) is 15.8. The highest BCUT2D eigenvalue weighted by Crippen LogP contribution is 2.59. The monoisotopic (exact) mass is 539 g/mol. The van der Waals surface area contributed by atoms with E-state index in [0.717, 1.165) is 11.5 Å². The first-order valence-electron chi connectivity index (χ1n) is 13.1. The van der Waals surface area contributed by atoms with Crippen LogP contribution in [0.4, 0.5) is 0 Å². The molecule has 1 N–H and O–H groups in total. The maximum absolute atomic E-state index is 12.1. The lowest BCUT2D eigenvalue weighted by Gasteiger charge is -2.33. The molecule has 1 atom stereocenters. The van der Waals surface area contributed by atoms with Crippen molar-refractivity contribution in [3.63, 3.8) is 0 Å². The summed E-state index contributed by atoms with van der Waals surface area (Å²) in [4.78, 5) is 0. The molecule has 5 aromatic rings. The average Bonchev–Trinajstić information content (AvgIpc) is 3.49. The van der Waals surface area contributed by atoms with Gasteiger partial charge < -0.3 is 5.11 Å². The van der Waals surface area contributed by atoms with Crippen LogP contribution in [-0.4, -0.2) is 5.11 Å². The van der Waals surface area contributed by atoms with Gasteiger partial charge in [0.15, 0.2) is 0 Å². The fourth-order valence-corrected chi connectivity index (χ4v) is 10.1. The SMILES string of the molecule is O[C@@H]([C]1[CH][CH][CH][C]1P(c1ccccc1)c1ccccc1)c1ccccc1P(c1ccccc1)c1ccccc1. The molecule has 0 amide bonds. The van der Waals surface area contributed by atoms with Gasteiger partial charge in [-0.3, -0.25) is 0 Å². The third kappa shape index (κ3) is 5.64. The smallest absolute Gasteiger partial charge is 0.0871 e. The Morgan fingerprint density at radius 2 is 0.846 bits per heavy atom. The summed E-state index contributed by atoms with van der Waals surface area (Å²) in [5.41, 5.74) is 2.17. The number of hydrogen-bond donors (Lipinski definition) is 1. The van der Waals surface area contributed by atoms with Gasteiger partial charge >= 0.3 is 0 Å². The van der Waals surface area contributed by atoms with E-state index >= 15 is 0 Å². The molecule has 0 heterocycles. The molecule has 1 saturated carbocycles. The summed E-state index contributed by atoms with van der Waals surface area (Å²) in [7, 11) is -1.66. The van der Waals surface area contributed by atoms with Gasteiger partial charge in [0.25, 0.3) is 0 Å². The first kappa shape index (κ1) is 26.2. The lowest BCUT2D eigenvalue weighted by atomic mass is 9.94. The van der Waals surface area contributed by atoms with Crippen LogP contribution in [0, 0.1) is 30.8 Å². The Labute approximate surface area is 235 Å². The highest BCUT2D eigenvalue weighted by molar-refractivity contribution is 7.80. The molecule has 0 aliphatic heterocycles. The van der Waals surface area contributed by atoms with E-state index in [0.29, 0.717) is 0 Å². The Morgan fingerprint density at radius 1 is 0.436 bits per heavy atom. The maximum atomic E-state index is 12.1. The molecule has 0 aromatic heterocycles. The summed E-state index contributed by atoms with van der Waals surface area (Å²) in [6.45, 7) is 0. The predicted octanol–water partition coefficient (Wildman–Crippen LogP) is 6.34. The third-order valence-corrected chi connectivity index (χ3v) is 11.9. The van der Waals surface area contributed by atoms with E-state index in [4.69, 9.17) is 0 Å². The molecule has 0 bridgehead atoms. The van der Waals surface area contributed by atoms with Crippen LogP contribution >= 0.6 is 15.8 Å². The van der Waals surface area contributed by atoms with Crippen LogP contribution in [0.25, 0.3) is 0 Å². The van der Waals surface area contributed by atoms with Crippen molar-refractivity contribution in [2.45, 2.75) is 6.10 Å². The molecule has 189 valence electrons. The van der Waals surface area contributed by atoms with E-state index in [1.54, 1.807) is 0 Å². The summed E-state index contributed by atoms with van der Waals surface area (Å²) in [5, 5.41) is 18.4. The van der Waals surface area contributed by atoms with Crippen LogP contribution in [0.5, 0.6) is 0 Å². The molecule has 1 nitrogen and oxygen atoms in total. The van der Waals surface area contributed by atoms with Gasteiger partial charge in [-0.25, -0.2) is 0 Å². The molecule has 0 saturated heterocycles. The van der Waals surface area contributed by atoms with E-state index in [2.05, 4.69) is 159 Å². The van der Waals surface area contributed by atoms with Crippen molar-refractivity contribution in [1.29, 1.82) is 0 Å². The molecule has 39 heavy (non-hydrogen) atoms. The average molecular weight is 540 g/mol. The molecule has 5 radical (unpaired) electrons. The summed E-state index contributed by atoms with van der Waals surface area (Å²) < 4.78 is 0. The molecule has 1 aliphatic carbocycles. The van der Waals surface area contributed by atoms with Crippen molar-refractivity contribution >= 4 is 42.4 Å². The van der Waals surface area contributed by atoms with Crippen molar-refractivity contribution in [3.05, 3.63) is 182 Å². The van der Waals surface area contributed by atoms with Crippen LogP contribution in [0.3, 0.4) is 0 Å². The predicted molar refractivity (Wildman–Crippen MR) is 169 cm³/mol. The molecule has 1 fully saturated rings. The summed E-state index contributed by atoms with van der Waals surface area (Å²) >= 11 is 0. The minimum Gasteiger partial charge on any atom is -0.388 e. The van der Waals surface area contributed by atoms with Gasteiger partial charge in [0.2, 0.25) is 0 Å². The zero-order valence-electron chi connectivity index (χ0n) is 21.5. The quantitative estimate of drug-likeness (QED) is 0.228.